The molecule has 1 N–H and O–H groups in total. The van der Waals surface area contributed by atoms with E-state index in [1.807, 2.05) is 30.3 Å². The van der Waals surface area contributed by atoms with Crippen molar-refractivity contribution in [2.75, 3.05) is 20.2 Å². The Labute approximate surface area is 216 Å². The van der Waals surface area contributed by atoms with E-state index >= 15 is 0 Å². The third-order valence-electron chi connectivity index (χ3n) is 6.19. The monoisotopic (exact) mass is 512 g/mol. The molecule has 3 aromatic rings. The lowest BCUT2D eigenvalue weighted by Gasteiger charge is -2.18. The van der Waals surface area contributed by atoms with Gasteiger partial charge in [0.15, 0.2) is 5.75 Å². The molecule has 1 fully saturated rings. The average molecular weight is 513 g/mol. The summed E-state index contributed by atoms with van der Waals surface area (Å²) < 4.78 is 11.5. The molecule has 1 amide bonds. The third kappa shape index (κ3) is 6.10. The normalized spacial score (nSPS) is 15.9. The quantitative estimate of drug-likeness (QED) is 0.355. The van der Waals surface area contributed by atoms with Gasteiger partial charge in [-0.15, -0.1) is 0 Å². The van der Waals surface area contributed by atoms with Gasteiger partial charge in [0, 0.05) is 31.2 Å². The van der Waals surface area contributed by atoms with E-state index in [0.29, 0.717) is 16.3 Å². The fourth-order valence-corrected chi connectivity index (χ4v) is 4.88. The van der Waals surface area contributed by atoms with Crippen LogP contribution < -0.4 is 14.8 Å². The zero-order valence-corrected chi connectivity index (χ0v) is 21.7. The first-order valence-corrected chi connectivity index (χ1v) is 12.5. The largest absolute Gasteiger partial charge is 0.496 e. The van der Waals surface area contributed by atoms with Crippen LogP contribution in [0.15, 0.2) is 60.7 Å². The number of amides is 1. The summed E-state index contributed by atoms with van der Waals surface area (Å²) in [5.74, 6) is 1.63. The van der Waals surface area contributed by atoms with Crippen LogP contribution in [0.1, 0.15) is 47.7 Å². The van der Waals surface area contributed by atoms with Crippen molar-refractivity contribution >= 4 is 29.1 Å². The first kappa shape index (κ1) is 25.4. The SMILES string of the molecule is COc1ccc(Oc2c(Cl)ccc(C(=O)NC3CCN(Cc4ccccc4)C3)c2Cl)cc1C(C)C. The van der Waals surface area contributed by atoms with Crippen LogP contribution in [0.2, 0.25) is 10.0 Å². The molecule has 4 rings (SSSR count). The summed E-state index contributed by atoms with van der Waals surface area (Å²) >= 11 is 13.0. The molecule has 0 spiro atoms. The fraction of sp³-hybridized carbons (Fsp3) is 0.321. The molecule has 1 aliphatic heterocycles. The van der Waals surface area contributed by atoms with Crippen LogP contribution in [-0.4, -0.2) is 37.0 Å². The van der Waals surface area contributed by atoms with E-state index in [9.17, 15) is 4.79 Å². The van der Waals surface area contributed by atoms with E-state index in [0.717, 1.165) is 37.4 Å². The second kappa shape index (κ2) is 11.3. The van der Waals surface area contributed by atoms with Gasteiger partial charge in [0.2, 0.25) is 0 Å². The Hall–Kier alpha value is -2.73. The van der Waals surface area contributed by atoms with E-state index in [1.165, 1.54) is 5.56 Å². The van der Waals surface area contributed by atoms with Crippen LogP contribution in [0.4, 0.5) is 0 Å². The van der Waals surface area contributed by atoms with Gasteiger partial charge < -0.3 is 14.8 Å². The van der Waals surface area contributed by atoms with Crippen LogP contribution in [0, 0.1) is 0 Å². The molecule has 184 valence electrons. The number of nitrogens with zero attached hydrogens (tertiary/aromatic N) is 1. The molecule has 0 radical (unpaired) electrons. The minimum Gasteiger partial charge on any atom is -0.496 e. The molecule has 3 aromatic carbocycles. The average Bonchev–Trinajstić information content (AvgIpc) is 3.28. The zero-order valence-electron chi connectivity index (χ0n) is 20.2. The second-order valence-electron chi connectivity index (χ2n) is 9.08. The van der Waals surface area contributed by atoms with Gasteiger partial charge in [-0.2, -0.15) is 0 Å². The zero-order chi connectivity index (χ0) is 24.9. The van der Waals surface area contributed by atoms with Gasteiger partial charge in [-0.25, -0.2) is 0 Å². The molecule has 1 unspecified atom stereocenters. The highest BCUT2D eigenvalue weighted by Gasteiger charge is 2.26. The van der Waals surface area contributed by atoms with Crippen molar-refractivity contribution in [3.05, 3.63) is 87.4 Å². The molecule has 0 aliphatic carbocycles. The number of likely N-dealkylation sites (tertiary alicyclic amines) is 1. The Morgan fingerprint density at radius 2 is 1.89 bits per heavy atom. The standard InChI is InChI=1S/C28H30Cl2N2O3/c1-18(2)23-15-21(9-12-25(23)34-3)35-27-24(29)11-10-22(26(27)30)28(33)31-20-13-14-32(17-20)16-19-7-5-4-6-8-19/h4-12,15,18,20H,13-14,16-17H2,1-3H3,(H,31,33). The van der Waals surface area contributed by atoms with E-state index in [4.69, 9.17) is 32.7 Å². The lowest BCUT2D eigenvalue weighted by atomic mass is 10.0. The molecule has 1 atom stereocenters. The summed E-state index contributed by atoms with van der Waals surface area (Å²) in [7, 11) is 1.64. The van der Waals surface area contributed by atoms with Crippen molar-refractivity contribution in [1.29, 1.82) is 0 Å². The van der Waals surface area contributed by atoms with Crippen molar-refractivity contribution < 1.29 is 14.3 Å². The summed E-state index contributed by atoms with van der Waals surface area (Å²) in [6, 6.07) is 19.2. The topological polar surface area (TPSA) is 50.8 Å². The van der Waals surface area contributed by atoms with Crippen molar-refractivity contribution in [3.8, 4) is 17.2 Å². The first-order valence-electron chi connectivity index (χ1n) is 11.8. The maximum Gasteiger partial charge on any atom is 0.253 e. The molecule has 1 saturated heterocycles. The lowest BCUT2D eigenvalue weighted by Crippen LogP contribution is -2.37. The van der Waals surface area contributed by atoms with E-state index in [2.05, 4.69) is 36.2 Å². The van der Waals surface area contributed by atoms with Gasteiger partial charge in [0.05, 0.1) is 22.7 Å². The highest BCUT2D eigenvalue weighted by atomic mass is 35.5. The summed E-state index contributed by atoms with van der Waals surface area (Å²) in [6.07, 6.45) is 0.886. The Kier molecular flexibility index (Phi) is 8.22. The van der Waals surface area contributed by atoms with Gasteiger partial charge in [0.25, 0.3) is 5.91 Å². The minimum atomic E-state index is -0.235. The number of carbonyl (C=O) groups excluding carboxylic acids is 1. The van der Waals surface area contributed by atoms with Crippen molar-refractivity contribution in [2.24, 2.45) is 0 Å². The van der Waals surface area contributed by atoms with Crippen molar-refractivity contribution in [3.63, 3.8) is 0 Å². The van der Waals surface area contributed by atoms with Crippen LogP contribution in [0.25, 0.3) is 0 Å². The highest BCUT2D eigenvalue weighted by Crippen LogP contribution is 2.40. The molecule has 1 aliphatic rings. The van der Waals surface area contributed by atoms with Crippen LogP contribution in [-0.2, 0) is 6.54 Å². The molecular formula is C28H30Cl2N2O3. The molecule has 0 aromatic heterocycles. The van der Waals surface area contributed by atoms with Gasteiger partial charge in [-0.3, -0.25) is 9.69 Å². The highest BCUT2D eigenvalue weighted by molar-refractivity contribution is 6.39. The maximum absolute atomic E-state index is 13.1. The van der Waals surface area contributed by atoms with Crippen LogP contribution >= 0.6 is 23.2 Å². The third-order valence-corrected chi connectivity index (χ3v) is 6.87. The van der Waals surface area contributed by atoms with Gasteiger partial charge in [0.1, 0.15) is 11.5 Å². The number of rotatable bonds is 8. The Morgan fingerprint density at radius 3 is 2.60 bits per heavy atom. The Bertz CT molecular complexity index is 1180. The molecule has 35 heavy (non-hydrogen) atoms. The van der Waals surface area contributed by atoms with E-state index in [1.54, 1.807) is 25.3 Å². The molecule has 5 nitrogen and oxygen atoms in total. The number of ether oxygens (including phenoxy) is 2. The smallest absolute Gasteiger partial charge is 0.253 e. The van der Waals surface area contributed by atoms with Crippen molar-refractivity contribution in [2.45, 2.75) is 38.8 Å². The summed E-state index contributed by atoms with van der Waals surface area (Å²) in [6.45, 7) is 6.75. The van der Waals surface area contributed by atoms with E-state index in [-0.39, 0.29) is 28.6 Å². The second-order valence-corrected chi connectivity index (χ2v) is 9.86. The van der Waals surface area contributed by atoms with Crippen LogP contribution in [0.5, 0.6) is 17.2 Å². The molecule has 7 heteroatoms. The molecule has 0 saturated carbocycles. The van der Waals surface area contributed by atoms with Gasteiger partial charge in [-0.05, 0) is 48.2 Å². The molecular weight excluding hydrogens is 483 g/mol. The minimum absolute atomic E-state index is 0.0533. The number of carbonyl (C=O) groups is 1. The van der Waals surface area contributed by atoms with Gasteiger partial charge in [-0.1, -0.05) is 67.4 Å². The number of hydrogen-bond acceptors (Lipinski definition) is 4. The van der Waals surface area contributed by atoms with Gasteiger partial charge >= 0.3 is 0 Å². The Balaban J connectivity index is 1.46. The predicted octanol–water partition coefficient (Wildman–Crippen LogP) is 6.92. The predicted molar refractivity (Wildman–Crippen MR) is 141 cm³/mol. The van der Waals surface area contributed by atoms with E-state index < -0.39 is 0 Å². The number of benzene rings is 3. The number of halogens is 2. The maximum atomic E-state index is 13.1. The first-order chi connectivity index (χ1) is 16.9. The van der Waals surface area contributed by atoms with Crippen molar-refractivity contribution in [1.82, 2.24) is 10.2 Å². The molecule has 0 bridgehead atoms. The number of nitrogens with one attached hydrogen (secondary N) is 1. The van der Waals surface area contributed by atoms with Crippen LogP contribution in [0.3, 0.4) is 0 Å². The molecule has 1 heterocycles. The summed E-state index contributed by atoms with van der Waals surface area (Å²) in [5, 5.41) is 3.65. The number of methoxy groups -OCH3 is 1. The lowest BCUT2D eigenvalue weighted by molar-refractivity contribution is 0.0937. The summed E-state index contributed by atoms with van der Waals surface area (Å²) in [5.41, 5.74) is 2.61. The summed E-state index contributed by atoms with van der Waals surface area (Å²) in [4.78, 5) is 15.4. The Morgan fingerprint density at radius 1 is 1.11 bits per heavy atom. The fourth-order valence-electron chi connectivity index (χ4n) is 4.35. The number of hydrogen-bond donors (Lipinski definition) is 1.